The van der Waals surface area contributed by atoms with Gasteiger partial charge in [0.1, 0.15) is 12.4 Å². The lowest BCUT2D eigenvalue weighted by Crippen LogP contribution is -2.13. The Bertz CT molecular complexity index is 777. The molecule has 108 valence electrons. The zero-order valence-corrected chi connectivity index (χ0v) is 12.2. The molecule has 0 amide bonds. The van der Waals surface area contributed by atoms with Crippen molar-refractivity contribution in [3.63, 3.8) is 0 Å². The quantitative estimate of drug-likeness (QED) is 0.749. The Morgan fingerprint density at radius 2 is 2.14 bits per heavy atom. The van der Waals surface area contributed by atoms with Crippen LogP contribution in [0.15, 0.2) is 24.3 Å². The highest BCUT2D eigenvalue weighted by molar-refractivity contribution is 7.16. The van der Waals surface area contributed by atoms with Gasteiger partial charge in [-0.3, -0.25) is 0 Å². The number of fused-ring (bicyclic) bond motifs is 1. The van der Waals surface area contributed by atoms with Crippen molar-refractivity contribution in [3.8, 4) is 5.75 Å². The van der Waals surface area contributed by atoms with Crippen LogP contribution < -0.4 is 10.5 Å². The number of hydrogen-bond acceptors (Lipinski definition) is 6. The van der Waals surface area contributed by atoms with E-state index >= 15 is 0 Å². The van der Waals surface area contributed by atoms with Gasteiger partial charge in [-0.15, -0.1) is 10.2 Å². The van der Waals surface area contributed by atoms with E-state index in [0.717, 1.165) is 15.8 Å². The first-order chi connectivity index (χ1) is 10.3. The van der Waals surface area contributed by atoms with Crippen LogP contribution >= 0.6 is 11.3 Å². The second-order valence-electron chi connectivity index (χ2n) is 5.20. The molecule has 7 heteroatoms. The van der Waals surface area contributed by atoms with Crippen molar-refractivity contribution < 1.29 is 4.74 Å². The van der Waals surface area contributed by atoms with Gasteiger partial charge in [-0.1, -0.05) is 29.9 Å². The summed E-state index contributed by atoms with van der Waals surface area (Å²) in [6.07, 6.45) is 3.64. The maximum atomic E-state index is 5.86. The van der Waals surface area contributed by atoms with Crippen LogP contribution in [0.2, 0.25) is 0 Å². The number of anilines is 1. The van der Waals surface area contributed by atoms with Crippen molar-refractivity contribution in [1.82, 2.24) is 19.8 Å². The summed E-state index contributed by atoms with van der Waals surface area (Å²) in [4.78, 5) is 0.830. The fourth-order valence-electron chi connectivity index (χ4n) is 2.40. The second-order valence-corrected chi connectivity index (χ2v) is 6.24. The lowest BCUT2D eigenvalue weighted by atomic mass is 9.85. The van der Waals surface area contributed by atoms with Crippen molar-refractivity contribution in [3.05, 3.63) is 35.1 Å². The number of ether oxygens (including phenoxy) is 1. The molecule has 1 saturated carbocycles. The van der Waals surface area contributed by atoms with Gasteiger partial charge in [0, 0.05) is 5.92 Å². The van der Waals surface area contributed by atoms with Crippen LogP contribution in [-0.2, 0) is 6.61 Å². The summed E-state index contributed by atoms with van der Waals surface area (Å²) in [5, 5.41) is 13.9. The van der Waals surface area contributed by atoms with Gasteiger partial charge in [0.25, 0.3) is 0 Å². The number of nitrogens with two attached hydrogens (primary N) is 1. The minimum absolute atomic E-state index is 0.395. The van der Waals surface area contributed by atoms with E-state index in [0.29, 0.717) is 24.0 Å². The van der Waals surface area contributed by atoms with Crippen LogP contribution in [0.4, 0.5) is 5.69 Å². The topological polar surface area (TPSA) is 78.3 Å². The molecular formula is C14H15N5OS. The van der Waals surface area contributed by atoms with Gasteiger partial charge in [-0.2, -0.15) is 9.61 Å². The fourth-order valence-corrected chi connectivity index (χ4v) is 3.16. The summed E-state index contributed by atoms with van der Waals surface area (Å²) in [6, 6.07) is 7.47. The Labute approximate surface area is 125 Å². The van der Waals surface area contributed by atoms with E-state index in [4.69, 9.17) is 10.5 Å². The third-order valence-electron chi connectivity index (χ3n) is 3.80. The molecule has 0 saturated heterocycles. The van der Waals surface area contributed by atoms with Crippen LogP contribution in [0.1, 0.15) is 36.0 Å². The van der Waals surface area contributed by atoms with Crippen molar-refractivity contribution in [2.24, 2.45) is 0 Å². The molecule has 6 nitrogen and oxygen atoms in total. The third kappa shape index (κ3) is 2.23. The van der Waals surface area contributed by atoms with E-state index in [1.54, 1.807) is 0 Å². The molecule has 0 aliphatic heterocycles. The molecule has 2 heterocycles. The number of benzene rings is 1. The Hall–Kier alpha value is -2.15. The van der Waals surface area contributed by atoms with Gasteiger partial charge in [0.15, 0.2) is 10.8 Å². The summed E-state index contributed by atoms with van der Waals surface area (Å²) < 4.78 is 7.59. The summed E-state index contributed by atoms with van der Waals surface area (Å²) in [7, 11) is 0. The fraction of sp³-hybridized carbons (Fsp3) is 0.357. The Kier molecular flexibility index (Phi) is 2.99. The molecule has 21 heavy (non-hydrogen) atoms. The normalized spacial score (nSPS) is 15.2. The van der Waals surface area contributed by atoms with E-state index in [2.05, 4.69) is 15.3 Å². The summed E-state index contributed by atoms with van der Waals surface area (Å²) in [6.45, 7) is 0.395. The monoisotopic (exact) mass is 301 g/mol. The number of rotatable bonds is 4. The standard InChI is InChI=1S/C14H15N5OS/c15-10-6-1-2-7-11(10)20-8-12-18-19-13(9-4-3-5-9)16-17-14(19)21-12/h1-2,6-7,9H,3-5,8,15H2. The highest BCUT2D eigenvalue weighted by atomic mass is 32.1. The minimum Gasteiger partial charge on any atom is -0.484 e. The van der Waals surface area contributed by atoms with Crippen molar-refractivity contribution >= 4 is 22.0 Å². The van der Waals surface area contributed by atoms with Crippen LogP contribution in [0.5, 0.6) is 5.75 Å². The van der Waals surface area contributed by atoms with E-state index in [-0.39, 0.29) is 0 Å². The molecule has 3 aromatic rings. The molecule has 0 bridgehead atoms. The van der Waals surface area contributed by atoms with Crippen LogP contribution in [-0.4, -0.2) is 19.8 Å². The summed E-state index contributed by atoms with van der Waals surface area (Å²) in [5.74, 6) is 2.18. The molecule has 0 unspecified atom stereocenters. The molecule has 2 aromatic heterocycles. The lowest BCUT2D eigenvalue weighted by molar-refractivity contribution is 0.305. The minimum atomic E-state index is 0.395. The second kappa shape index (κ2) is 5.00. The Balaban J connectivity index is 1.54. The molecular weight excluding hydrogens is 286 g/mol. The molecule has 1 aliphatic rings. The molecule has 0 radical (unpaired) electrons. The van der Waals surface area contributed by atoms with E-state index in [9.17, 15) is 0 Å². The zero-order chi connectivity index (χ0) is 14.2. The zero-order valence-electron chi connectivity index (χ0n) is 11.4. The number of para-hydroxylation sites is 2. The van der Waals surface area contributed by atoms with Crippen molar-refractivity contribution in [2.45, 2.75) is 31.8 Å². The molecule has 1 aromatic carbocycles. The van der Waals surface area contributed by atoms with E-state index in [1.165, 1.54) is 30.6 Å². The number of nitrogen functional groups attached to an aromatic ring is 1. The number of hydrogen-bond donors (Lipinski definition) is 1. The van der Waals surface area contributed by atoms with E-state index in [1.807, 2.05) is 28.8 Å². The SMILES string of the molecule is Nc1ccccc1OCc1nn2c(C3CCC3)nnc2s1. The highest BCUT2D eigenvalue weighted by Crippen LogP contribution is 2.35. The average Bonchev–Trinajstić information content (AvgIpc) is 2.98. The maximum absolute atomic E-state index is 5.86. The first-order valence-electron chi connectivity index (χ1n) is 6.99. The van der Waals surface area contributed by atoms with Crippen LogP contribution in [0.25, 0.3) is 4.96 Å². The predicted molar refractivity (Wildman–Crippen MR) is 80.4 cm³/mol. The lowest BCUT2D eigenvalue weighted by Gasteiger charge is -2.22. The summed E-state index contributed by atoms with van der Waals surface area (Å²) >= 11 is 1.51. The van der Waals surface area contributed by atoms with Gasteiger partial charge < -0.3 is 10.5 Å². The number of nitrogens with zero attached hydrogens (tertiary/aromatic N) is 4. The third-order valence-corrected chi connectivity index (χ3v) is 4.67. The Morgan fingerprint density at radius 3 is 2.90 bits per heavy atom. The van der Waals surface area contributed by atoms with Crippen LogP contribution in [0.3, 0.4) is 0 Å². The molecule has 1 aliphatic carbocycles. The van der Waals surface area contributed by atoms with Crippen molar-refractivity contribution in [2.75, 3.05) is 5.73 Å². The molecule has 0 atom stereocenters. The smallest absolute Gasteiger partial charge is 0.234 e. The first kappa shape index (κ1) is 12.6. The van der Waals surface area contributed by atoms with E-state index < -0.39 is 0 Å². The predicted octanol–water partition coefficient (Wildman–Crippen LogP) is 2.61. The molecule has 0 spiro atoms. The average molecular weight is 301 g/mol. The maximum Gasteiger partial charge on any atom is 0.234 e. The van der Waals surface area contributed by atoms with Gasteiger partial charge >= 0.3 is 0 Å². The molecule has 2 N–H and O–H groups in total. The van der Waals surface area contributed by atoms with Crippen molar-refractivity contribution in [1.29, 1.82) is 0 Å². The van der Waals surface area contributed by atoms with Gasteiger partial charge in [0.05, 0.1) is 5.69 Å². The Morgan fingerprint density at radius 1 is 1.29 bits per heavy atom. The molecule has 1 fully saturated rings. The summed E-state index contributed by atoms with van der Waals surface area (Å²) in [5.41, 5.74) is 6.49. The van der Waals surface area contributed by atoms with Gasteiger partial charge in [-0.25, -0.2) is 0 Å². The molecule has 4 rings (SSSR count). The largest absolute Gasteiger partial charge is 0.484 e. The van der Waals surface area contributed by atoms with Gasteiger partial charge in [0.2, 0.25) is 4.96 Å². The number of aromatic nitrogens is 4. The van der Waals surface area contributed by atoms with Crippen LogP contribution in [0, 0.1) is 0 Å². The highest BCUT2D eigenvalue weighted by Gasteiger charge is 2.26. The first-order valence-corrected chi connectivity index (χ1v) is 7.81. The van der Waals surface area contributed by atoms with Gasteiger partial charge in [-0.05, 0) is 25.0 Å².